The number of ether oxygens (including phenoxy) is 1. The van der Waals surface area contributed by atoms with Gasteiger partial charge in [-0.25, -0.2) is 4.98 Å². The SMILES string of the molecule is C=CC(=O)NCCCc1nc2ccccc2n1CCCCOc1cc(C)ccc1C. The van der Waals surface area contributed by atoms with E-state index in [0.717, 1.165) is 54.8 Å². The maximum atomic E-state index is 11.3. The number of carbonyl (C=O) groups is 1. The molecule has 1 amide bonds. The number of hydrogen-bond donors (Lipinski definition) is 1. The van der Waals surface area contributed by atoms with Gasteiger partial charge in [0.15, 0.2) is 0 Å². The van der Waals surface area contributed by atoms with Crippen LogP contribution in [-0.2, 0) is 17.8 Å². The zero-order valence-electron chi connectivity index (χ0n) is 18.0. The molecular weight excluding hydrogens is 374 g/mol. The second kappa shape index (κ2) is 10.6. The van der Waals surface area contributed by atoms with Gasteiger partial charge in [0.1, 0.15) is 11.6 Å². The molecule has 5 nitrogen and oxygen atoms in total. The van der Waals surface area contributed by atoms with Crippen molar-refractivity contribution in [1.82, 2.24) is 14.9 Å². The zero-order chi connectivity index (χ0) is 21.3. The van der Waals surface area contributed by atoms with Crippen LogP contribution in [0.4, 0.5) is 0 Å². The van der Waals surface area contributed by atoms with Crippen LogP contribution in [0.3, 0.4) is 0 Å². The molecular formula is C25H31N3O2. The van der Waals surface area contributed by atoms with E-state index in [2.05, 4.69) is 66.7 Å². The molecule has 0 spiro atoms. The predicted octanol–water partition coefficient (Wildman–Crippen LogP) is 4.75. The number of aryl methyl sites for hydroxylation is 4. The highest BCUT2D eigenvalue weighted by molar-refractivity contribution is 5.86. The Morgan fingerprint density at radius 1 is 1.17 bits per heavy atom. The van der Waals surface area contributed by atoms with Crippen molar-refractivity contribution in [3.8, 4) is 5.75 Å². The smallest absolute Gasteiger partial charge is 0.243 e. The van der Waals surface area contributed by atoms with E-state index in [1.54, 1.807) is 0 Å². The number of aromatic nitrogens is 2. The number of benzene rings is 2. The first kappa shape index (κ1) is 21.6. The molecule has 0 fully saturated rings. The van der Waals surface area contributed by atoms with Gasteiger partial charge in [0.05, 0.1) is 17.6 Å². The van der Waals surface area contributed by atoms with E-state index in [0.29, 0.717) is 13.2 Å². The molecule has 3 rings (SSSR count). The Bertz CT molecular complexity index is 1010. The first-order chi connectivity index (χ1) is 14.6. The lowest BCUT2D eigenvalue weighted by atomic mass is 10.1. The van der Waals surface area contributed by atoms with Crippen molar-refractivity contribution in [2.24, 2.45) is 0 Å². The molecule has 0 atom stereocenters. The molecule has 1 aromatic heterocycles. The number of unbranched alkanes of at least 4 members (excludes halogenated alkanes) is 1. The van der Waals surface area contributed by atoms with Gasteiger partial charge in [0, 0.05) is 19.5 Å². The molecule has 0 saturated carbocycles. The second-order valence-electron chi connectivity index (χ2n) is 7.59. The summed E-state index contributed by atoms with van der Waals surface area (Å²) in [6, 6.07) is 14.6. The molecule has 30 heavy (non-hydrogen) atoms. The highest BCUT2D eigenvalue weighted by Gasteiger charge is 2.10. The molecule has 5 heteroatoms. The van der Waals surface area contributed by atoms with Crippen LogP contribution in [0.2, 0.25) is 0 Å². The van der Waals surface area contributed by atoms with Gasteiger partial charge >= 0.3 is 0 Å². The number of nitrogens with one attached hydrogen (secondary N) is 1. The predicted molar refractivity (Wildman–Crippen MR) is 122 cm³/mol. The molecule has 3 aromatic rings. The van der Waals surface area contributed by atoms with Crippen molar-refractivity contribution in [3.63, 3.8) is 0 Å². The number of hydrogen-bond acceptors (Lipinski definition) is 3. The van der Waals surface area contributed by atoms with Crippen molar-refractivity contribution in [2.45, 2.75) is 46.1 Å². The number of para-hydroxylation sites is 2. The Hall–Kier alpha value is -3.08. The standard InChI is InChI=1S/C25H31N3O2/c1-4-25(29)26-15-9-12-24-27-21-10-5-6-11-22(21)28(24)16-7-8-17-30-23-18-19(2)13-14-20(23)3/h4-6,10-11,13-14,18H,1,7-9,12,15-17H2,2-3H3,(H,26,29). The molecule has 0 aliphatic heterocycles. The number of carbonyl (C=O) groups excluding carboxylic acids is 1. The monoisotopic (exact) mass is 405 g/mol. The van der Waals surface area contributed by atoms with E-state index in [-0.39, 0.29) is 5.91 Å². The Morgan fingerprint density at radius 2 is 2.00 bits per heavy atom. The fourth-order valence-electron chi connectivity index (χ4n) is 3.51. The summed E-state index contributed by atoms with van der Waals surface area (Å²) in [5.74, 6) is 1.91. The van der Waals surface area contributed by atoms with Crippen molar-refractivity contribution in [1.29, 1.82) is 0 Å². The molecule has 0 aliphatic carbocycles. The summed E-state index contributed by atoms with van der Waals surface area (Å²) < 4.78 is 8.30. The maximum Gasteiger partial charge on any atom is 0.243 e. The number of nitrogens with zero attached hydrogens (tertiary/aromatic N) is 2. The van der Waals surface area contributed by atoms with E-state index < -0.39 is 0 Å². The molecule has 0 bridgehead atoms. The third-order valence-electron chi connectivity index (χ3n) is 5.17. The van der Waals surface area contributed by atoms with Crippen LogP contribution >= 0.6 is 0 Å². The Balaban J connectivity index is 1.55. The van der Waals surface area contributed by atoms with Crippen LogP contribution in [0.5, 0.6) is 5.75 Å². The average molecular weight is 406 g/mol. The molecule has 158 valence electrons. The molecule has 1 N–H and O–H groups in total. The summed E-state index contributed by atoms with van der Waals surface area (Å²) in [5.41, 5.74) is 4.58. The van der Waals surface area contributed by atoms with Crippen LogP contribution in [0.1, 0.15) is 36.2 Å². The second-order valence-corrected chi connectivity index (χ2v) is 7.59. The summed E-state index contributed by atoms with van der Waals surface area (Å²) in [4.78, 5) is 16.1. The van der Waals surface area contributed by atoms with E-state index in [4.69, 9.17) is 9.72 Å². The lowest BCUT2D eigenvalue weighted by Gasteiger charge is -2.12. The summed E-state index contributed by atoms with van der Waals surface area (Å²) in [6.45, 7) is 9.88. The lowest BCUT2D eigenvalue weighted by Crippen LogP contribution is -2.22. The van der Waals surface area contributed by atoms with Crippen molar-refractivity contribution in [3.05, 3.63) is 72.1 Å². The largest absolute Gasteiger partial charge is 0.493 e. The van der Waals surface area contributed by atoms with Gasteiger partial charge in [-0.3, -0.25) is 4.79 Å². The minimum absolute atomic E-state index is 0.132. The first-order valence-corrected chi connectivity index (χ1v) is 10.6. The normalized spacial score (nSPS) is 10.9. The third kappa shape index (κ3) is 5.72. The third-order valence-corrected chi connectivity index (χ3v) is 5.17. The van der Waals surface area contributed by atoms with Crippen LogP contribution in [-0.4, -0.2) is 28.6 Å². The number of rotatable bonds is 11. The molecule has 0 unspecified atom stereocenters. The summed E-state index contributed by atoms with van der Waals surface area (Å²) in [5, 5.41) is 2.83. The number of fused-ring (bicyclic) bond motifs is 1. The van der Waals surface area contributed by atoms with Crippen LogP contribution < -0.4 is 10.1 Å². The summed E-state index contributed by atoms with van der Waals surface area (Å²) in [6.07, 6.45) is 4.97. The molecule has 0 aliphatic rings. The highest BCUT2D eigenvalue weighted by atomic mass is 16.5. The Kier molecular flexibility index (Phi) is 7.66. The molecule has 0 radical (unpaired) electrons. The summed E-state index contributed by atoms with van der Waals surface area (Å²) >= 11 is 0. The van der Waals surface area contributed by atoms with Crippen LogP contribution in [0.25, 0.3) is 11.0 Å². The Labute approximate surface area is 178 Å². The first-order valence-electron chi connectivity index (χ1n) is 10.6. The minimum atomic E-state index is -0.132. The van der Waals surface area contributed by atoms with Crippen LogP contribution in [0, 0.1) is 13.8 Å². The van der Waals surface area contributed by atoms with Crippen molar-refractivity contribution >= 4 is 16.9 Å². The maximum absolute atomic E-state index is 11.3. The minimum Gasteiger partial charge on any atom is -0.493 e. The fraction of sp³-hybridized carbons (Fsp3) is 0.360. The molecule has 1 heterocycles. The lowest BCUT2D eigenvalue weighted by molar-refractivity contribution is -0.116. The van der Waals surface area contributed by atoms with Gasteiger partial charge in [0.25, 0.3) is 0 Å². The average Bonchev–Trinajstić information content (AvgIpc) is 3.10. The van der Waals surface area contributed by atoms with Crippen molar-refractivity contribution in [2.75, 3.05) is 13.2 Å². The zero-order valence-corrected chi connectivity index (χ0v) is 18.0. The number of imidazole rings is 1. The van der Waals surface area contributed by atoms with Gasteiger partial charge in [0.2, 0.25) is 5.91 Å². The van der Waals surface area contributed by atoms with E-state index >= 15 is 0 Å². The van der Waals surface area contributed by atoms with Gasteiger partial charge in [-0.05, 0) is 68.5 Å². The van der Waals surface area contributed by atoms with Gasteiger partial charge in [-0.15, -0.1) is 0 Å². The van der Waals surface area contributed by atoms with E-state index in [1.807, 2.05) is 6.07 Å². The van der Waals surface area contributed by atoms with Gasteiger partial charge in [-0.1, -0.05) is 30.8 Å². The van der Waals surface area contributed by atoms with Crippen LogP contribution in [0.15, 0.2) is 55.1 Å². The molecule has 2 aromatic carbocycles. The molecule has 0 saturated heterocycles. The van der Waals surface area contributed by atoms with E-state index in [1.165, 1.54) is 17.2 Å². The number of amides is 1. The topological polar surface area (TPSA) is 56.2 Å². The quantitative estimate of drug-likeness (QED) is 0.370. The van der Waals surface area contributed by atoms with E-state index in [9.17, 15) is 4.79 Å². The Morgan fingerprint density at radius 3 is 2.83 bits per heavy atom. The van der Waals surface area contributed by atoms with Gasteiger partial charge in [-0.2, -0.15) is 0 Å². The van der Waals surface area contributed by atoms with Crippen molar-refractivity contribution < 1.29 is 9.53 Å². The highest BCUT2D eigenvalue weighted by Crippen LogP contribution is 2.20. The summed E-state index contributed by atoms with van der Waals surface area (Å²) in [7, 11) is 0. The fourth-order valence-corrected chi connectivity index (χ4v) is 3.51. The van der Waals surface area contributed by atoms with Gasteiger partial charge < -0.3 is 14.6 Å².